The Kier molecular flexibility index (Phi) is 9.09. The summed E-state index contributed by atoms with van der Waals surface area (Å²) >= 11 is 0. The Morgan fingerprint density at radius 3 is 1.91 bits per heavy atom. The number of halogens is 9. The summed E-state index contributed by atoms with van der Waals surface area (Å²) in [6.45, 7) is 2.93. The van der Waals surface area contributed by atoms with Crippen LogP contribution in [0.2, 0.25) is 0 Å². The molecule has 0 bridgehead atoms. The number of rotatable bonds is 7. The molecule has 1 N–H and O–H groups in total. The van der Waals surface area contributed by atoms with Gasteiger partial charge < -0.3 is 14.7 Å². The predicted octanol–water partition coefficient (Wildman–Crippen LogP) is 8.29. The van der Waals surface area contributed by atoms with Crippen molar-refractivity contribution in [3.63, 3.8) is 0 Å². The fourth-order valence-electron chi connectivity index (χ4n) is 5.91. The van der Waals surface area contributed by atoms with Crippen LogP contribution in [0.5, 0.6) is 0 Å². The smallest absolute Gasteiger partial charge is 0.416 e. The number of hydrogen-bond donors (Lipinski definition) is 1. The minimum Gasteiger partial charge on any atom is -0.481 e. The van der Waals surface area contributed by atoms with E-state index >= 15 is 0 Å². The minimum absolute atomic E-state index is 0.0338. The lowest BCUT2D eigenvalue weighted by Gasteiger charge is -2.38. The molecule has 2 aliphatic rings. The van der Waals surface area contributed by atoms with E-state index in [1.165, 1.54) is 13.0 Å². The number of ether oxygens (including phenoxy) is 1. The van der Waals surface area contributed by atoms with E-state index in [0.717, 1.165) is 17.0 Å². The lowest BCUT2D eigenvalue weighted by atomic mass is 9.85. The number of cyclic esters (lactones) is 1. The summed E-state index contributed by atoms with van der Waals surface area (Å²) in [4.78, 5) is 27.1. The monoisotopic (exact) mass is 640 g/mol. The molecule has 1 saturated carbocycles. The van der Waals surface area contributed by atoms with Crippen molar-refractivity contribution < 1.29 is 58.9 Å². The Hall–Kier alpha value is -3.65. The van der Waals surface area contributed by atoms with E-state index in [2.05, 4.69) is 0 Å². The summed E-state index contributed by atoms with van der Waals surface area (Å²) in [5.41, 5.74) is -4.41. The van der Waals surface area contributed by atoms with Gasteiger partial charge in [0.2, 0.25) is 0 Å². The summed E-state index contributed by atoms with van der Waals surface area (Å²) in [5.74, 6) is -1.47. The number of carboxylic acids is 1. The molecule has 2 aromatic carbocycles. The van der Waals surface area contributed by atoms with E-state index in [1.54, 1.807) is 6.92 Å². The standard InChI is InChI=1S/C29H29F9N2O4/c1-3-39(22-7-4-16(5-8-22)25(41)42)23-9-6-19(27(30,31)32)12-18(23)14-40-15(2)24(44-26(40)43)17-10-20(28(33,34)35)13-21(11-17)29(36,37)38/h6,9-13,15-16,22,24H,3-5,7-8,14H2,1-2H3,(H,41,42). The zero-order chi connectivity index (χ0) is 32.8. The number of carbonyl (C=O) groups is 2. The van der Waals surface area contributed by atoms with Crippen molar-refractivity contribution >= 4 is 17.7 Å². The van der Waals surface area contributed by atoms with Crippen LogP contribution in [0, 0.1) is 5.92 Å². The normalized spacial score (nSPS) is 23.1. The molecule has 242 valence electrons. The van der Waals surface area contributed by atoms with Crippen molar-refractivity contribution in [2.24, 2.45) is 5.92 Å². The highest BCUT2D eigenvalue weighted by molar-refractivity contribution is 5.72. The fourth-order valence-corrected chi connectivity index (χ4v) is 5.91. The molecule has 2 aromatic rings. The molecule has 4 rings (SSSR count). The van der Waals surface area contributed by atoms with Gasteiger partial charge in [-0.1, -0.05) is 0 Å². The van der Waals surface area contributed by atoms with E-state index in [0.29, 0.717) is 50.0 Å². The van der Waals surface area contributed by atoms with Gasteiger partial charge in [-0.2, -0.15) is 39.5 Å². The third kappa shape index (κ3) is 7.01. The van der Waals surface area contributed by atoms with Crippen LogP contribution in [0.25, 0.3) is 0 Å². The summed E-state index contributed by atoms with van der Waals surface area (Å²) in [7, 11) is 0. The number of alkyl halides is 9. The number of anilines is 1. The Bertz CT molecular complexity index is 1350. The highest BCUT2D eigenvalue weighted by Gasteiger charge is 2.44. The number of carbonyl (C=O) groups excluding carboxylic acids is 1. The van der Waals surface area contributed by atoms with Crippen LogP contribution in [0.15, 0.2) is 36.4 Å². The van der Waals surface area contributed by atoms with Gasteiger partial charge in [0, 0.05) is 18.3 Å². The molecule has 6 nitrogen and oxygen atoms in total. The van der Waals surface area contributed by atoms with Crippen LogP contribution in [0.3, 0.4) is 0 Å². The zero-order valence-electron chi connectivity index (χ0n) is 23.5. The molecule has 2 fully saturated rings. The maximum Gasteiger partial charge on any atom is 0.416 e. The molecule has 1 amide bonds. The molecule has 1 aliphatic carbocycles. The third-order valence-corrected chi connectivity index (χ3v) is 8.21. The average Bonchev–Trinajstić information content (AvgIpc) is 3.21. The lowest BCUT2D eigenvalue weighted by Crippen LogP contribution is -2.40. The molecular formula is C29H29F9N2O4. The number of aliphatic carboxylic acids is 1. The quantitative estimate of drug-likeness (QED) is 0.309. The van der Waals surface area contributed by atoms with Gasteiger partial charge in [0.15, 0.2) is 0 Å². The number of hydrogen-bond acceptors (Lipinski definition) is 4. The maximum absolute atomic E-state index is 13.7. The second kappa shape index (κ2) is 12.0. The van der Waals surface area contributed by atoms with E-state index in [-0.39, 0.29) is 17.7 Å². The van der Waals surface area contributed by atoms with Gasteiger partial charge in [0.25, 0.3) is 0 Å². The molecule has 15 heteroatoms. The SMILES string of the molecule is CCN(c1ccc(C(F)(F)F)cc1CN1C(=O)OC(c2cc(C(F)(F)F)cc(C(F)(F)F)c2)C1C)C1CCC(C(=O)O)CC1. The number of nitrogens with zero attached hydrogens (tertiary/aromatic N) is 2. The van der Waals surface area contributed by atoms with E-state index < -0.39 is 77.5 Å². The van der Waals surface area contributed by atoms with Crippen LogP contribution in [-0.4, -0.2) is 40.7 Å². The van der Waals surface area contributed by atoms with Crippen molar-refractivity contribution in [1.82, 2.24) is 4.90 Å². The molecule has 1 saturated heterocycles. The van der Waals surface area contributed by atoms with Crippen LogP contribution in [0.4, 0.5) is 50.0 Å². The largest absolute Gasteiger partial charge is 0.481 e. The molecule has 1 aliphatic heterocycles. The predicted molar refractivity (Wildman–Crippen MR) is 139 cm³/mol. The summed E-state index contributed by atoms with van der Waals surface area (Å²) in [5, 5.41) is 9.33. The Morgan fingerprint density at radius 2 is 1.43 bits per heavy atom. The second-order valence-electron chi connectivity index (χ2n) is 11.0. The van der Waals surface area contributed by atoms with E-state index in [9.17, 15) is 54.2 Å². The molecule has 44 heavy (non-hydrogen) atoms. The Labute approximate surface area is 246 Å². The van der Waals surface area contributed by atoms with Crippen molar-refractivity contribution in [1.29, 1.82) is 0 Å². The Balaban J connectivity index is 1.69. The van der Waals surface area contributed by atoms with Gasteiger partial charge in [-0.15, -0.1) is 0 Å². The Morgan fingerprint density at radius 1 is 0.886 bits per heavy atom. The van der Waals surface area contributed by atoms with Crippen molar-refractivity contribution in [3.8, 4) is 0 Å². The lowest BCUT2D eigenvalue weighted by molar-refractivity contribution is -0.144. The van der Waals surface area contributed by atoms with Crippen LogP contribution >= 0.6 is 0 Å². The topological polar surface area (TPSA) is 70.1 Å². The molecule has 1 heterocycles. The molecule has 0 spiro atoms. The summed E-state index contributed by atoms with van der Waals surface area (Å²) < 4.78 is 127. The first-order chi connectivity index (χ1) is 20.3. The first-order valence-corrected chi connectivity index (χ1v) is 13.8. The zero-order valence-corrected chi connectivity index (χ0v) is 23.5. The molecular weight excluding hydrogens is 611 g/mol. The molecule has 2 unspecified atom stereocenters. The maximum atomic E-state index is 13.7. The van der Waals surface area contributed by atoms with Crippen molar-refractivity contribution in [3.05, 3.63) is 64.2 Å². The highest BCUT2D eigenvalue weighted by atomic mass is 19.4. The van der Waals surface area contributed by atoms with Gasteiger partial charge in [-0.3, -0.25) is 9.69 Å². The van der Waals surface area contributed by atoms with Crippen LogP contribution < -0.4 is 4.90 Å². The minimum atomic E-state index is -5.14. The van der Waals surface area contributed by atoms with Crippen molar-refractivity contribution in [2.45, 2.75) is 82.8 Å². The second-order valence-corrected chi connectivity index (χ2v) is 11.0. The first kappa shape index (κ1) is 33.2. The van der Waals surface area contributed by atoms with Gasteiger partial charge in [0.1, 0.15) is 6.10 Å². The average molecular weight is 641 g/mol. The summed E-state index contributed by atoms with van der Waals surface area (Å²) in [6, 6.07) is 2.45. The number of benzene rings is 2. The van der Waals surface area contributed by atoms with Crippen LogP contribution in [-0.2, 0) is 34.6 Å². The van der Waals surface area contributed by atoms with Crippen molar-refractivity contribution in [2.75, 3.05) is 11.4 Å². The number of carboxylic acid groups (broad SMARTS) is 1. The van der Waals surface area contributed by atoms with Gasteiger partial charge in [-0.05, 0) is 87.1 Å². The van der Waals surface area contributed by atoms with E-state index in [4.69, 9.17) is 4.74 Å². The first-order valence-electron chi connectivity index (χ1n) is 13.8. The van der Waals surface area contributed by atoms with E-state index in [1.807, 2.05) is 4.90 Å². The molecule has 2 atom stereocenters. The third-order valence-electron chi connectivity index (χ3n) is 8.21. The van der Waals surface area contributed by atoms with Gasteiger partial charge in [-0.25, -0.2) is 4.79 Å². The molecule has 0 radical (unpaired) electrons. The highest BCUT2D eigenvalue weighted by Crippen LogP contribution is 2.42. The summed E-state index contributed by atoms with van der Waals surface area (Å²) in [6.07, 6.45) is -16.1. The molecule has 0 aromatic heterocycles. The van der Waals surface area contributed by atoms with Crippen LogP contribution in [0.1, 0.15) is 73.5 Å². The van der Waals surface area contributed by atoms with Gasteiger partial charge >= 0.3 is 30.6 Å². The number of amides is 1. The fraction of sp³-hybridized carbons (Fsp3) is 0.517. The van der Waals surface area contributed by atoms with Gasteiger partial charge in [0.05, 0.1) is 35.2 Å².